The zero-order chi connectivity index (χ0) is 7.40. The fourth-order valence-corrected chi connectivity index (χ4v) is 1.22. The van der Waals surface area contributed by atoms with Crippen molar-refractivity contribution in [1.82, 2.24) is 0 Å². The number of allylic oxidation sites excluding steroid dienone is 1. The van der Waals surface area contributed by atoms with Gasteiger partial charge in [0.05, 0.1) is 0 Å². The summed E-state index contributed by atoms with van der Waals surface area (Å²) in [5.74, 6) is 5.79. The Morgan fingerprint density at radius 3 is 3.00 bits per heavy atom. The summed E-state index contributed by atoms with van der Waals surface area (Å²) in [6.45, 7) is 1.85. The van der Waals surface area contributed by atoms with Gasteiger partial charge in [0.25, 0.3) is 0 Å². The molecule has 0 aromatic rings. The lowest BCUT2D eigenvalue weighted by molar-refractivity contribution is 0.711. The van der Waals surface area contributed by atoms with E-state index in [0.29, 0.717) is 6.04 Å². The van der Waals surface area contributed by atoms with Crippen molar-refractivity contribution in [3.8, 4) is 11.8 Å². The van der Waals surface area contributed by atoms with Crippen molar-refractivity contribution in [1.29, 1.82) is 0 Å². The van der Waals surface area contributed by atoms with E-state index in [4.69, 9.17) is 5.73 Å². The third-order valence-corrected chi connectivity index (χ3v) is 1.78. The van der Waals surface area contributed by atoms with Crippen molar-refractivity contribution in [3.63, 3.8) is 0 Å². The van der Waals surface area contributed by atoms with Gasteiger partial charge in [0.15, 0.2) is 0 Å². The molecule has 0 saturated heterocycles. The molecule has 0 aromatic carbocycles. The van der Waals surface area contributed by atoms with Crippen LogP contribution in [0.15, 0.2) is 11.6 Å². The van der Waals surface area contributed by atoms with E-state index in [0.717, 1.165) is 19.3 Å². The minimum atomic E-state index is 0.393. The van der Waals surface area contributed by atoms with Gasteiger partial charge in [0, 0.05) is 6.04 Å². The average molecular weight is 135 g/mol. The Bertz CT molecular complexity index is 193. The topological polar surface area (TPSA) is 26.0 Å². The molecule has 54 valence electrons. The molecule has 1 heteroatoms. The van der Waals surface area contributed by atoms with Crippen molar-refractivity contribution in [2.24, 2.45) is 5.73 Å². The molecule has 0 aromatic heterocycles. The van der Waals surface area contributed by atoms with Crippen molar-refractivity contribution in [2.45, 2.75) is 32.2 Å². The van der Waals surface area contributed by atoms with E-state index in [1.54, 1.807) is 0 Å². The summed E-state index contributed by atoms with van der Waals surface area (Å²) < 4.78 is 0. The second-order valence-electron chi connectivity index (χ2n) is 2.70. The molecule has 1 aliphatic rings. The van der Waals surface area contributed by atoms with Gasteiger partial charge in [0.1, 0.15) is 0 Å². The van der Waals surface area contributed by atoms with Gasteiger partial charge in [0.2, 0.25) is 0 Å². The second kappa shape index (κ2) is 3.43. The minimum Gasteiger partial charge on any atom is -0.327 e. The van der Waals surface area contributed by atoms with E-state index in [2.05, 4.69) is 11.8 Å². The van der Waals surface area contributed by atoms with E-state index in [9.17, 15) is 0 Å². The number of hydrogen-bond donors (Lipinski definition) is 1. The lowest BCUT2D eigenvalue weighted by Gasteiger charge is -1.94. The van der Waals surface area contributed by atoms with Crippen LogP contribution in [0.2, 0.25) is 0 Å². The van der Waals surface area contributed by atoms with Gasteiger partial charge in [-0.25, -0.2) is 0 Å². The quantitative estimate of drug-likeness (QED) is 0.500. The summed E-state index contributed by atoms with van der Waals surface area (Å²) in [5, 5.41) is 0. The van der Waals surface area contributed by atoms with E-state index in [1.165, 1.54) is 5.57 Å². The molecule has 1 fully saturated rings. The maximum absolute atomic E-state index is 5.71. The van der Waals surface area contributed by atoms with Gasteiger partial charge in [-0.2, -0.15) is 0 Å². The van der Waals surface area contributed by atoms with E-state index < -0.39 is 0 Å². The van der Waals surface area contributed by atoms with Crippen molar-refractivity contribution >= 4 is 0 Å². The highest BCUT2D eigenvalue weighted by Gasteiger charge is 2.13. The fourth-order valence-electron chi connectivity index (χ4n) is 1.22. The van der Waals surface area contributed by atoms with Crippen LogP contribution in [0.3, 0.4) is 0 Å². The largest absolute Gasteiger partial charge is 0.327 e. The smallest absolute Gasteiger partial charge is 0.00794 e. The van der Waals surface area contributed by atoms with Gasteiger partial charge >= 0.3 is 0 Å². The van der Waals surface area contributed by atoms with E-state index in [1.807, 2.05) is 13.0 Å². The molecule has 0 aliphatic heterocycles. The summed E-state index contributed by atoms with van der Waals surface area (Å²) in [6.07, 6.45) is 5.34. The van der Waals surface area contributed by atoms with Crippen molar-refractivity contribution in [2.75, 3.05) is 0 Å². The third kappa shape index (κ3) is 1.89. The normalized spacial score (nSPS) is 28.2. The van der Waals surface area contributed by atoms with Gasteiger partial charge < -0.3 is 5.73 Å². The Hall–Kier alpha value is -0.740. The molecule has 0 spiro atoms. The highest BCUT2D eigenvalue weighted by Crippen LogP contribution is 2.22. The molecule has 1 unspecified atom stereocenters. The highest BCUT2D eigenvalue weighted by molar-refractivity contribution is 5.23. The van der Waals surface area contributed by atoms with Crippen LogP contribution in [-0.4, -0.2) is 6.04 Å². The molecule has 0 radical (unpaired) electrons. The maximum atomic E-state index is 5.71. The van der Waals surface area contributed by atoms with Crippen LogP contribution in [0.1, 0.15) is 26.2 Å². The second-order valence-corrected chi connectivity index (χ2v) is 2.70. The number of rotatable bonds is 0. The highest BCUT2D eigenvalue weighted by atomic mass is 14.6. The van der Waals surface area contributed by atoms with Crippen LogP contribution in [0.5, 0.6) is 0 Å². The first-order chi connectivity index (χ1) is 4.83. The Kier molecular flexibility index (Phi) is 2.53. The van der Waals surface area contributed by atoms with Crippen LogP contribution in [0, 0.1) is 11.8 Å². The maximum Gasteiger partial charge on any atom is 0.00794 e. The lowest BCUT2D eigenvalue weighted by atomic mass is 10.2. The van der Waals surface area contributed by atoms with Gasteiger partial charge in [-0.05, 0) is 32.3 Å². The summed E-state index contributed by atoms with van der Waals surface area (Å²) in [4.78, 5) is 0. The standard InChI is InChI=1S/C9H13N/c1-2-3-4-8-5-6-9(10)7-8/h4,9H,5-7,10H2,1H3/b8-4-. The average Bonchev–Trinajstić information content (AvgIpc) is 2.31. The monoisotopic (exact) mass is 135 g/mol. The zero-order valence-electron chi connectivity index (χ0n) is 6.35. The van der Waals surface area contributed by atoms with Crippen LogP contribution in [-0.2, 0) is 0 Å². The summed E-state index contributed by atoms with van der Waals surface area (Å²) in [6, 6.07) is 0.393. The first-order valence-electron chi connectivity index (χ1n) is 3.68. The predicted octanol–water partition coefficient (Wildman–Crippen LogP) is 1.45. The van der Waals surface area contributed by atoms with Crippen LogP contribution in [0.4, 0.5) is 0 Å². The Balaban J connectivity index is 2.49. The molecule has 0 amide bonds. The van der Waals surface area contributed by atoms with Crippen molar-refractivity contribution in [3.05, 3.63) is 11.6 Å². The van der Waals surface area contributed by atoms with Gasteiger partial charge in [-0.15, -0.1) is 5.92 Å². The third-order valence-electron chi connectivity index (χ3n) is 1.78. The molecule has 1 rings (SSSR count). The minimum absolute atomic E-state index is 0.393. The number of nitrogens with two attached hydrogens (primary N) is 1. The molecule has 1 aliphatic carbocycles. The first-order valence-corrected chi connectivity index (χ1v) is 3.68. The molecular formula is C9H13N. The zero-order valence-corrected chi connectivity index (χ0v) is 6.35. The first kappa shape index (κ1) is 7.37. The van der Waals surface area contributed by atoms with Crippen LogP contribution < -0.4 is 5.73 Å². The molecule has 10 heavy (non-hydrogen) atoms. The summed E-state index contributed by atoms with van der Waals surface area (Å²) in [7, 11) is 0. The number of hydrogen-bond acceptors (Lipinski definition) is 1. The molecule has 1 atom stereocenters. The fraction of sp³-hybridized carbons (Fsp3) is 0.556. The predicted molar refractivity (Wildman–Crippen MR) is 43.4 cm³/mol. The van der Waals surface area contributed by atoms with Crippen LogP contribution in [0.25, 0.3) is 0 Å². The van der Waals surface area contributed by atoms with E-state index >= 15 is 0 Å². The molecule has 2 N–H and O–H groups in total. The summed E-state index contributed by atoms with van der Waals surface area (Å²) >= 11 is 0. The Morgan fingerprint density at radius 1 is 1.70 bits per heavy atom. The molecular weight excluding hydrogens is 122 g/mol. The Labute approximate surface area is 62.3 Å². The Morgan fingerprint density at radius 2 is 2.50 bits per heavy atom. The molecule has 0 bridgehead atoms. The molecule has 1 nitrogen and oxygen atoms in total. The SMILES string of the molecule is CC#C/C=C1/CCC(N)C1. The lowest BCUT2D eigenvalue weighted by Crippen LogP contribution is -2.13. The van der Waals surface area contributed by atoms with Gasteiger partial charge in [-0.3, -0.25) is 0 Å². The van der Waals surface area contributed by atoms with Gasteiger partial charge in [-0.1, -0.05) is 11.5 Å². The molecule has 1 saturated carbocycles. The summed E-state index contributed by atoms with van der Waals surface area (Å²) in [5.41, 5.74) is 7.13. The van der Waals surface area contributed by atoms with E-state index in [-0.39, 0.29) is 0 Å². The molecule has 0 heterocycles. The van der Waals surface area contributed by atoms with Crippen LogP contribution >= 0.6 is 0 Å². The van der Waals surface area contributed by atoms with Crippen molar-refractivity contribution < 1.29 is 0 Å².